The van der Waals surface area contributed by atoms with Crippen molar-refractivity contribution in [1.82, 2.24) is 9.78 Å². The molecule has 88 valence electrons. The van der Waals surface area contributed by atoms with E-state index in [-0.39, 0.29) is 6.04 Å². The van der Waals surface area contributed by atoms with Crippen LogP contribution >= 0.6 is 0 Å². The van der Waals surface area contributed by atoms with Crippen molar-refractivity contribution >= 4 is 11.8 Å². The van der Waals surface area contributed by atoms with Gasteiger partial charge in [-0.05, 0) is 12.8 Å². The summed E-state index contributed by atoms with van der Waals surface area (Å²) in [6, 6.07) is -0.200. The quantitative estimate of drug-likeness (QED) is 0.814. The van der Waals surface area contributed by atoms with Crippen molar-refractivity contribution in [2.45, 2.75) is 25.1 Å². The molecular weight excluding hydrogens is 227 g/mol. The molecule has 0 saturated heterocycles. The van der Waals surface area contributed by atoms with E-state index in [0.717, 1.165) is 4.68 Å². The third-order valence-electron chi connectivity index (χ3n) is 2.32. The smallest absolute Gasteiger partial charge is 0.436 e. The number of halogens is 3. The number of rotatable bonds is 2. The largest absolute Gasteiger partial charge is 0.477 e. The average molecular weight is 235 g/mol. The molecule has 0 atom stereocenters. The lowest BCUT2D eigenvalue weighted by Crippen LogP contribution is -2.12. The zero-order valence-electron chi connectivity index (χ0n) is 7.95. The molecule has 5 nitrogen and oxygen atoms in total. The number of anilines is 1. The van der Waals surface area contributed by atoms with Gasteiger partial charge in [-0.15, -0.1) is 0 Å². The number of nitrogens with zero attached hydrogens (tertiary/aromatic N) is 2. The molecule has 1 aliphatic carbocycles. The van der Waals surface area contributed by atoms with Crippen molar-refractivity contribution in [2.75, 3.05) is 5.73 Å². The lowest BCUT2D eigenvalue weighted by Gasteiger charge is -2.02. The van der Waals surface area contributed by atoms with Gasteiger partial charge >= 0.3 is 12.1 Å². The molecule has 0 bridgehead atoms. The number of hydrogen-bond acceptors (Lipinski definition) is 3. The van der Waals surface area contributed by atoms with Crippen LogP contribution in [0.2, 0.25) is 0 Å². The first-order valence-electron chi connectivity index (χ1n) is 4.51. The molecule has 1 fully saturated rings. The summed E-state index contributed by atoms with van der Waals surface area (Å²) in [7, 11) is 0. The summed E-state index contributed by atoms with van der Waals surface area (Å²) in [6.45, 7) is 0. The van der Waals surface area contributed by atoms with Gasteiger partial charge in [-0.2, -0.15) is 18.3 Å². The van der Waals surface area contributed by atoms with Crippen molar-refractivity contribution < 1.29 is 23.1 Å². The van der Waals surface area contributed by atoms with Gasteiger partial charge in [0.25, 0.3) is 0 Å². The Bertz CT molecular complexity index is 448. The highest BCUT2D eigenvalue weighted by molar-refractivity contribution is 5.94. The number of carboxylic acids is 1. The number of aromatic nitrogens is 2. The Morgan fingerprint density at radius 1 is 1.50 bits per heavy atom. The third-order valence-corrected chi connectivity index (χ3v) is 2.32. The zero-order valence-corrected chi connectivity index (χ0v) is 7.95. The molecule has 0 spiro atoms. The van der Waals surface area contributed by atoms with Gasteiger partial charge in [0.2, 0.25) is 0 Å². The second-order valence-electron chi connectivity index (χ2n) is 3.59. The van der Waals surface area contributed by atoms with Gasteiger partial charge in [0.05, 0.1) is 6.04 Å². The van der Waals surface area contributed by atoms with Crippen LogP contribution in [0.1, 0.15) is 34.9 Å². The maximum atomic E-state index is 12.5. The Kier molecular flexibility index (Phi) is 2.11. The molecule has 8 heteroatoms. The maximum absolute atomic E-state index is 12.5. The van der Waals surface area contributed by atoms with Gasteiger partial charge in [-0.25, -0.2) is 9.48 Å². The van der Waals surface area contributed by atoms with E-state index in [1.807, 2.05) is 0 Å². The summed E-state index contributed by atoms with van der Waals surface area (Å²) in [5, 5.41) is 11.9. The lowest BCUT2D eigenvalue weighted by molar-refractivity contribution is -0.142. The highest BCUT2D eigenvalue weighted by Gasteiger charge is 2.43. The summed E-state index contributed by atoms with van der Waals surface area (Å²) in [6.07, 6.45) is -3.47. The first-order valence-corrected chi connectivity index (χ1v) is 4.51. The predicted octanol–water partition coefficient (Wildman–Crippen LogP) is 1.52. The van der Waals surface area contributed by atoms with E-state index in [9.17, 15) is 18.0 Å². The number of carbonyl (C=O) groups is 1. The van der Waals surface area contributed by atoms with Gasteiger partial charge < -0.3 is 10.8 Å². The summed E-state index contributed by atoms with van der Waals surface area (Å²) in [5.74, 6) is -2.14. The summed E-state index contributed by atoms with van der Waals surface area (Å²) in [5.41, 5.74) is 2.98. The average Bonchev–Trinajstić information content (AvgIpc) is 2.87. The fraction of sp³-hybridized carbons (Fsp3) is 0.500. The van der Waals surface area contributed by atoms with Crippen molar-refractivity contribution in [3.8, 4) is 0 Å². The molecule has 3 N–H and O–H groups in total. The van der Waals surface area contributed by atoms with E-state index in [4.69, 9.17) is 10.8 Å². The molecule has 1 aliphatic rings. The summed E-state index contributed by atoms with van der Waals surface area (Å²) in [4.78, 5) is 10.7. The van der Waals surface area contributed by atoms with E-state index in [1.165, 1.54) is 0 Å². The Hall–Kier alpha value is -1.73. The van der Waals surface area contributed by atoms with Crippen LogP contribution in [0, 0.1) is 0 Å². The number of nitrogens with two attached hydrogens (primary N) is 1. The number of aromatic carboxylic acids is 1. The molecule has 1 aromatic heterocycles. The second kappa shape index (κ2) is 3.13. The van der Waals surface area contributed by atoms with Crippen molar-refractivity contribution in [3.63, 3.8) is 0 Å². The minimum absolute atomic E-state index is 0.200. The van der Waals surface area contributed by atoms with Crippen LogP contribution in [0.25, 0.3) is 0 Å². The van der Waals surface area contributed by atoms with Crippen molar-refractivity contribution in [2.24, 2.45) is 0 Å². The molecule has 1 aromatic rings. The van der Waals surface area contributed by atoms with Crippen LogP contribution < -0.4 is 5.73 Å². The number of alkyl halides is 3. The van der Waals surface area contributed by atoms with Gasteiger partial charge in [0.15, 0.2) is 5.69 Å². The predicted molar refractivity (Wildman–Crippen MR) is 46.9 cm³/mol. The second-order valence-corrected chi connectivity index (χ2v) is 3.59. The minimum Gasteiger partial charge on any atom is -0.477 e. The molecular formula is C8H8F3N3O2. The lowest BCUT2D eigenvalue weighted by atomic mass is 10.2. The zero-order chi connectivity index (χ0) is 12.1. The molecule has 2 rings (SSSR count). The van der Waals surface area contributed by atoms with E-state index in [0.29, 0.717) is 12.8 Å². The van der Waals surface area contributed by atoms with Crippen LogP contribution in [0.3, 0.4) is 0 Å². The molecule has 16 heavy (non-hydrogen) atoms. The van der Waals surface area contributed by atoms with Crippen LogP contribution in [0.5, 0.6) is 0 Å². The molecule has 0 radical (unpaired) electrons. The number of carboxylic acid groups (broad SMARTS) is 1. The van der Waals surface area contributed by atoms with E-state index in [1.54, 1.807) is 0 Å². The highest BCUT2D eigenvalue weighted by Crippen LogP contribution is 2.40. The number of nitrogen functional groups attached to an aromatic ring is 1. The molecule has 0 amide bonds. The van der Waals surface area contributed by atoms with Crippen LogP contribution in [-0.2, 0) is 6.18 Å². The monoisotopic (exact) mass is 235 g/mol. The highest BCUT2D eigenvalue weighted by atomic mass is 19.4. The summed E-state index contributed by atoms with van der Waals surface area (Å²) >= 11 is 0. The van der Waals surface area contributed by atoms with E-state index >= 15 is 0 Å². The molecule has 1 saturated carbocycles. The number of hydrogen-bond donors (Lipinski definition) is 2. The van der Waals surface area contributed by atoms with Gasteiger partial charge in [-0.3, -0.25) is 0 Å². The first-order chi connectivity index (χ1) is 7.32. The Balaban J connectivity index is 2.58. The van der Waals surface area contributed by atoms with Crippen LogP contribution in [0.15, 0.2) is 0 Å². The molecule has 0 aromatic carbocycles. The van der Waals surface area contributed by atoms with E-state index in [2.05, 4.69) is 5.10 Å². The topological polar surface area (TPSA) is 81.1 Å². The van der Waals surface area contributed by atoms with Crippen LogP contribution in [-0.4, -0.2) is 20.9 Å². The molecule has 0 unspecified atom stereocenters. The fourth-order valence-corrected chi connectivity index (χ4v) is 1.45. The first kappa shape index (κ1) is 10.8. The van der Waals surface area contributed by atoms with Crippen LogP contribution in [0.4, 0.5) is 19.0 Å². The maximum Gasteiger partial charge on any atom is 0.436 e. The van der Waals surface area contributed by atoms with E-state index < -0.39 is 29.2 Å². The van der Waals surface area contributed by atoms with Crippen molar-refractivity contribution in [3.05, 3.63) is 11.3 Å². The minimum atomic E-state index is -4.80. The molecule has 0 aliphatic heterocycles. The third kappa shape index (κ3) is 1.59. The van der Waals surface area contributed by atoms with Gasteiger partial charge in [0, 0.05) is 0 Å². The molecule has 1 heterocycles. The SMILES string of the molecule is Nc1c(C(=O)O)c(C(F)(F)F)nn1C1CC1. The fourth-order valence-electron chi connectivity index (χ4n) is 1.45. The Morgan fingerprint density at radius 3 is 2.38 bits per heavy atom. The summed E-state index contributed by atoms with van der Waals surface area (Å²) < 4.78 is 38.4. The van der Waals surface area contributed by atoms with Crippen molar-refractivity contribution in [1.29, 1.82) is 0 Å². The van der Waals surface area contributed by atoms with Gasteiger partial charge in [0.1, 0.15) is 11.4 Å². The Morgan fingerprint density at radius 2 is 2.06 bits per heavy atom. The Labute approximate surface area is 87.6 Å². The van der Waals surface area contributed by atoms with Gasteiger partial charge in [-0.1, -0.05) is 0 Å². The standard InChI is InChI=1S/C8H8F3N3O2/c9-8(10,11)5-4(7(15)16)6(12)14(13-5)3-1-2-3/h3H,1-2,12H2,(H,15,16). The normalized spacial score (nSPS) is 16.4.